The highest BCUT2D eigenvalue weighted by Crippen LogP contribution is 2.35. The Labute approximate surface area is 247 Å². The Balaban J connectivity index is 0.000000136. The van der Waals surface area contributed by atoms with Crippen LogP contribution in [0.2, 0.25) is 0 Å². The summed E-state index contributed by atoms with van der Waals surface area (Å²) in [6.07, 6.45) is 0. The van der Waals surface area contributed by atoms with E-state index >= 15 is 0 Å². The molecule has 6 aromatic rings. The van der Waals surface area contributed by atoms with Crippen LogP contribution in [0.3, 0.4) is 0 Å². The minimum Gasteiger partial charge on any atom is -0.144 e. The van der Waals surface area contributed by atoms with Gasteiger partial charge in [0, 0.05) is 19.0 Å². The van der Waals surface area contributed by atoms with Crippen molar-refractivity contribution in [1.29, 1.82) is 0 Å². The third kappa shape index (κ3) is 7.39. The minimum absolute atomic E-state index is 0.262. The molecule has 3 heterocycles. The molecule has 0 fully saturated rings. The molecule has 0 unspecified atom stereocenters. The lowest BCUT2D eigenvalue weighted by Crippen LogP contribution is -2.10. The molecule has 0 radical (unpaired) electrons. The van der Waals surface area contributed by atoms with Gasteiger partial charge in [-0.1, -0.05) is 111 Å². The van der Waals surface area contributed by atoms with Gasteiger partial charge >= 0.3 is 0 Å². The quantitative estimate of drug-likeness (QED) is 0.170. The van der Waals surface area contributed by atoms with Gasteiger partial charge in [-0.25, -0.2) is 0 Å². The molecule has 204 valence electrons. The van der Waals surface area contributed by atoms with E-state index in [1.807, 2.05) is 34.0 Å². The van der Waals surface area contributed by atoms with Crippen LogP contribution in [-0.4, -0.2) is 0 Å². The van der Waals surface area contributed by atoms with Crippen molar-refractivity contribution in [1.82, 2.24) is 0 Å². The number of hydrogen-bond acceptors (Lipinski definition) is 3. The fourth-order valence-corrected chi connectivity index (χ4v) is 7.47. The first-order valence-electron chi connectivity index (χ1n) is 13.7. The minimum atomic E-state index is 0.262. The number of thiophene rings is 3. The second-order valence-electron chi connectivity index (χ2n) is 13.2. The summed E-state index contributed by atoms with van der Waals surface area (Å²) >= 11 is 5.56. The summed E-state index contributed by atoms with van der Waals surface area (Å²) in [5.41, 5.74) is 3.69. The third-order valence-corrected chi connectivity index (χ3v) is 10.2. The van der Waals surface area contributed by atoms with Gasteiger partial charge in [-0.3, -0.25) is 0 Å². The SMILES string of the molecule is CC(C)(C)c1cc2ccccc2s1.CC(C)(C)c1ccc2ccsc2c1.CC(C)(C)c1csc2ccccc12. The maximum absolute atomic E-state index is 2.31. The van der Waals surface area contributed by atoms with Crippen LogP contribution in [0.15, 0.2) is 89.6 Å². The van der Waals surface area contributed by atoms with Crippen LogP contribution in [0.4, 0.5) is 0 Å². The molecule has 0 spiro atoms. The molecule has 6 rings (SSSR count). The van der Waals surface area contributed by atoms with Crippen molar-refractivity contribution in [3.05, 3.63) is 106 Å². The first kappa shape index (κ1) is 29.5. The molecular formula is C36H42S3. The lowest BCUT2D eigenvalue weighted by Gasteiger charge is -2.18. The number of rotatable bonds is 0. The molecule has 0 aliphatic heterocycles. The van der Waals surface area contributed by atoms with E-state index in [0.29, 0.717) is 0 Å². The number of fused-ring (bicyclic) bond motifs is 3. The van der Waals surface area contributed by atoms with Crippen molar-refractivity contribution in [2.45, 2.75) is 78.6 Å². The van der Waals surface area contributed by atoms with Gasteiger partial charge in [-0.2, -0.15) is 0 Å². The van der Waals surface area contributed by atoms with Gasteiger partial charge in [0.05, 0.1) is 0 Å². The summed E-state index contributed by atoms with van der Waals surface area (Å²) in [4.78, 5) is 1.47. The maximum Gasteiger partial charge on any atom is 0.0345 e. The first-order chi connectivity index (χ1) is 18.2. The van der Waals surface area contributed by atoms with Crippen LogP contribution in [0.5, 0.6) is 0 Å². The largest absolute Gasteiger partial charge is 0.144 e. The fraction of sp³-hybridized carbons (Fsp3) is 0.333. The van der Waals surface area contributed by atoms with Crippen LogP contribution in [0.1, 0.15) is 78.3 Å². The van der Waals surface area contributed by atoms with E-state index < -0.39 is 0 Å². The highest BCUT2D eigenvalue weighted by molar-refractivity contribution is 7.19. The van der Waals surface area contributed by atoms with E-state index in [1.165, 1.54) is 46.3 Å². The zero-order valence-corrected chi connectivity index (χ0v) is 27.3. The summed E-state index contributed by atoms with van der Waals surface area (Å²) in [5, 5.41) is 8.58. The summed E-state index contributed by atoms with van der Waals surface area (Å²) in [6.45, 7) is 20.3. The Hall–Kier alpha value is -2.46. The average molecular weight is 571 g/mol. The van der Waals surface area contributed by atoms with Crippen LogP contribution in [-0.2, 0) is 16.2 Å². The predicted octanol–water partition coefficient (Wildman–Crippen LogP) is 12.6. The smallest absolute Gasteiger partial charge is 0.0345 e. The molecule has 0 bridgehead atoms. The molecular weight excluding hydrogens is 529 g/mol. The molecule has 0 atom stereocenters. The van der Waals surface area contributed by atoms with Crippen LogP contribution >= 0.6 is 34.0 Å². The lowest BCUT2D eigenvalue weighted by molar-refractivity contribution is 0.591. The van der Waals surface area contributed by atoms with Gasteiger partial charge in [-0.15, -0.1) is 34.0 Å². The van der Waals surface area contributed by atoms with Crippen molar-refractivity contribution < 1.29 is 0 Å². The Bertz CT molecular complexity index is 1600. The van der Waals surface area contributed by atoms with Crippen molar-refractivity contribution in [2.24, 2.45) is 0 Å². The standard InChI is InChI=1S/3C12H14S/c1-12(2,3)10-5-4-9-6-7-13-11(9)8-10;1-12(2,3)10-8-13-11-7-5-4-6-9(10)11;1-12(2,3)11-8-9-6-4-5-7-10(9)13-11/h3*4-8H,1-3H3. The lowest BCUT2D eigenvalue weighted by atomic mass is 9.87. The highest BCUT2D eigenvalue weighted by Gasteiger charge is 2.18. The Morgan fingerprint density at radius 2 is 1.18 bits per heavy atom. The second kappa shape index (κ2) is 11.6. The molecule has 0 nitrogen and oxygen atoms in total. The molecule has 0 N–H and O–H groups in total. The Morgan fingerprint density at radius 3 is 1.82 bits per heavy atom. The van der Waals surface area contributed by atoms with Gasteiger partial charge < -0.3 is 0 Å². The fourth-order valence-electron chi connectivity index (χ4n) is 4.33. The summed E-state index contributed by atoms with van der Waals surface area (Å²) in [7, 11) is 0. The topological polar surface area (TPSA) is 0 Å². The van der Waals surface area contributed by atoms with E-state index in [9.17, 15) is 0 Å². The van der Waals surface area contributed by atoms with Crippen molar-refractivity contribution in [3.8, 4) is 0 Å². The molecule has 3 aromatic carbocycles. The van der Waals surface area contributed by atoms with E-state index in [1.54, 1.807) is 0 Å². The van der Waals surface area contributed by atoms with Crippen LogP contribution in [0, 0.1) is 0 Å². The van der Waals surface area contributed by atoms with Crippen molar-refractivity contribution in [2.75, 3.05) is 0 Å². The van der Waals surface area contributed by atoms with Crippen molar-refractivity contribution in [3.63, 3.8) is 0 Å². The van der Waals surface area contributed by atoms with Crippen LogP contribution in [0.25, 0.3) is 30.3 Å². The normalized spacial score (nSPS) is 12.2. The molecule has 0 saturated carbocycles. The Kier molecular flexibility index (Phi) is 8.76. The van der Waals surface area contributed by atoms with Gasteiger partial charge in [0.1, 0.15) is 0 Å². The third-order valence-electron chi connectivity index (χ3n) is 6.78. The van der Waals surface area contributed by atoms with Crippen molar-refractivity contribution >= 4 is 64.3 Å². The van der Waals surface area contributed by atoms with Gasteiger partial charge in [-0.05, 0) is 84.6 Å². The van der Waals surface area contributed by atoms with Gasteiger partial charge in [0.25, 0.3) is 0 Å². The average Bonchev–Trinajstić information content (AvgIpc) is 3.60. The first-order valence-corrected chi connectivity index (χ1v) is 16.2. The Morgan fingerprint density at radius 1 is 0.513 bits per heavy atom. The van der Waals surface area contributed by atoms with E-state index in [-0.39, 0.29) is 16.2 Å². The van der Waals surface area contributed by atoms with Crippen LogP contribution < -0.4 is 0 Å². The molecule has 3 heteroatoms. The molecule has 39 heavy (non-hydrogen) atoms. The number of benzene rings is 3. The zero-order chi connectivity index (χ0) is 28.4. The summed E-state index contributed by atoms with van der Waals surface area (Å²) in [6, 6.07) is 28.4. The maximum atomic E-state index is 2.31. The van der Waals surface area contributed by atoms with Gasteiger partial charge in [0.2, 0.25) is 0 Å². The van der Waals surface area contributed by atoms with E-state index in [2.05, 4.69) is 152 Å². The summed E-state index contributed by atoms with van der Waals surface area (Å²) in [5.74, 6) is 0. The monoisotopic (exact) mass is 570 g/mol. The predicted molar refractivity (Wildman–Crippen MR) is 182 cm³/mol. The summed E-state index contributed by atoms with van der Waals surface area (Å²) < 4.78 is 4.19. The second-order valence-corrected chi connectivity index (χ2v) is 16.2. The highest BCUT2D eigenvalue weighted by atomic mass is 32.1. The zero-order valence-electron chi connectivity index (χ0n) is 24.9. The molecule has 3 aromatic heterocycles. The molecule has 0 saturated heterocycles. The van der Waals surface area contributed by atoms with E-state index in [4.69, 9.17) is 0 Å². The molecule has 0 aliphatic carbocycles. The number of hydrogen-bond donors (Lipinski definition) is 0. The molecule has 0 aliphatic rings. The molecule has 0 amide bonds. The van der Waals surface area contributed by atoms with E-state index in [0.717, 1.165) is 0 Å². The van der Waals surface area contributed by atoms with Gasteiger partial charge in [0.15, 0.2) is 0 Å².